The summed E-state index contributed by atoms with van der Waals surface area (Å²) < 4.78 is 0. The number of amides is 1. The number of nitrogens with two attached hydrogens (primary N) is 1. The number of nitrogens with one attached hydrogen (secondary N) is 1. The van der Waals surface area contributed by atoms with Crippen molar-refractivity contribution in [2.75, 3.05) is 26.2 Å². The lowest BCUT2D eigenvalue weighted by Crippen LogP contribution is -2.53. The summed E-state index contributed by atoms with van der Waals surface area (Å²) in [5.41, 5.74) is 4.97. The van der Waals surface area contributed by atoms with Gasteiger partial charge in [0.05, 0.1) is 5.54 Å². The lowest BCUT2D eigenvalue weighted by atomic mass is 9.91. The maximum atomic E-state index is 11.6. The number of carbonyl (C=O) groups excluding carboxylic acids is 1. The van der Waals surface area contributed by atoms with Crippen LogP contribution in [0.25, 0.3) is 0 Å². The number of hydrogen-bond acceptors (Lipinski definition) is 3. The molecule has 3 N–H and O–H groups in total. The Bertz CT molecular complexity index is 287. The minimum atomic E-state index is -0.546. The molecule has 1 heterocycles. The lowest BCUT2D eigenvalue weighted by molar-refractivity contribution is -0.124. The minimum absolute atomic E-state index is 0.235. The van der Waals surface area contributed by atoms with Gasteiger partial charge in [-0.05, 0) is 64.7 Å². The van der Waals surface area contributed by atoms with Crippen LogP contribution >= 0.6 is 0 Å². The van der Waals surface area contributed by atoms with Gasteiger partial charge in [-0.2, -0.15) is 0 Å². The van der Waals surface area contributed by atoms with E-state index in [1.54, 1.807) is 0 Å². The molecular weight excluding hydrogens is 250 g/mol. The molecule has 118 valence electrons. The van der Waals surface area contributed by atoms with Crippen molar-refractivity contribution in [3.63, 3.8) is 0 Å². The second-order valence-electron chi connectivity index (χ2n) is 6.40. The first-order valence-electron chi connectivity index (χ1n) is 8.29. The quantitative estimate of drug-likeness (QED) is 0.681. The molecule has 4 nitrogen and oxygen atoms in total. The van der Waals surface area contributed by atoms with Gasteiger partial charge in [0.25, 0.3) is 0 Å². The average molecular weight is 283 g/mol. The van der Waals surface area contributed by atoms with Crippen LogP contribution in [0, 0.1) is 5.92 Å². The second-order valence-corrected chi connectivity index (χ2v) is 6.40. The summed E-state index contributed by atoms with van der Waals surface area (Å²) in [4.78, 5) is 14.1. The van der Waals surface area contributed by atoms with Crippen LogP contribution in [0.2, 0.25) is 0 Å². The summed E-state index contributed by atoms with van der Waals surface area (Å²) in [6, 6.07) is 0. The predicted octanol–water partition coefficient (Wildman–Crippen LogP) is 2.13. The molecule has 1 unspecified atom stereocenters. The number of nitrogens with zero attached hydrogens (tertiary/aromatic N) is 1. The smallest absolute Gasteiger partial charge is 0.237 e. The van der Waals surface area contributed by atoms with Crippen molar-refractivity contribution >= 4 is 5.91 Å². The monoisotopic (exact) mass is 283 g/mol. The summed E-state index contributed by atoms with van der Waals surface area (Å²) in [5.74, 6) is 0.704. The van der Waals surface area contributed by atoms with Crippen molar-refractivity contribution in [1.29, 1.82) is 0 Å². The van der Waals surface area contributed by atoms with E-state index in [1.807, 2.05) is 13.8 Å². The summed E-state index contributed by atoms with van der Waals surface area (Å²) >= 11 is 0. The van der Waals surface area contributed by atoms with Crippen LogP contribution in [-0.2, 0) is 4.79 Å². The zero-order valence-corrected chi connectivity index (χ0v) is 13.6. The molecule has 0 spiro atoms. The Morgan fingerprint density at radius 2 is 2.00 bits per heavy atom. The van der Waals surface area contributed by atoms with Gasteiger partial charge in [-0.3, -0.25) is 4.79 Å². The number of carbonyl (C=O) groups is 1. The van der Waals surface area contributed by atoms with Gasteiger partial charge in [-0.15, -0.1) is 0 Å². The van der Waals surface area contributed by atoms with Crippen molar-refractivity contribution in [2.45, 2.75) is 64.8 Å². The van der Waals surface area contributed by atoms with Crippen LogP contribution in [-0.4, -0.2) is 42.5 Å². The van der Waals surface area contributed by atoms with Crippen LogP contribution in [0.1, 0.15) is 59.3 Å². The Kier molecular flexibility index (Phi) is 7.52. The highest BCUT2D eigenvalue weighted by atomic mass is 16.1. The third-order valence-electron chi connectivity index (χ3n) is 4.67. The lowest BCUT2D eigenvalue weighted by Gasteiger charge is -2.33. The number of likely N-dealkylation sites (N-methyl/N-ethyl adjacent to an activating group) is 1. The molecule has 0 aliphatic carbocycles. The zero-order chi connectivity index (χ0) is 15.0. The predicted molar refractivity (Wildman–Crippen MR) is 84.6 cm³/mol. The van der Waals surface area contributed by atoms with E-state index < -0.39 is 5.54 Å². The van der Waals surface area contributed by atoms with E-state index >= 15 is 0 Å². The largest absolute Gasteiger partial charge is 0.368 e. The van der Waals surface area contributed by atoms with Gasteiger partial charge in [0, 0.05) is 0 Å². The zero-order valence-electron chi connectivity index (χ0n) is 13.6. The SMILES string of the molecule is CCCC1CCN(CCCC(C)(NCC)C(N)=O)CC1. The van der Waals surface area contributed by atoms with Crippen molar-refractivity contribution in [1.82, 2.24) is 10.2 Å². The van der Waals surface area contributed by atoms with Gasteiger partial charge < -0.3 is 16.0 Å². The first-order chi connectivity index (χ1) is 9.51. The van der Waals surface area contributed by atoms with E-state index in [0.29, 0.717) is 0 Å². The Morgan fingerprint density at radius 3 is 2.50 bits per heavy atom. The number of primary amides is 1. The number of likely N-dealkylation sites (tertiary alicyclic amines) is 1. The molecule has 0 bridgehead atoms. The third kappa shape index (κ3) is 5.41. The minimum Gasteiger partial charge on any atom is -0.368 e. The van der Waals surface area contributed by atoms with Gasteiger partial charge in [0.2, 0.25) is 5.91 Å². The maximum Gasteiger partial charge on any atom is 0.237 e. The molecule has 20 heavy (non-hydrogen) atoms. The van der Waals surface area contributed by atoms with E-state index in [0.717, 1.165) is 31.8 Å². The van der Waals surface area contributed by atoms with Crippen molar-refractivity contribution in [3.8, 4) is 0 Å². The molecule has 1 amide bonds. The fourth-order valence-electron chi connectivity index (χ4n) is 3.25. The molecule has 1 rings (SSSR count). The highest BCUT2D eigenvalue weighted by Gasteiger charge is 2.29. The molecule has 0 aromatic rings. The van der Waals surface area contributed by atoms with Gasteiger partial charge in [0.15, 0.2) is 0 Å². The van der Waals surface area contributed by atoms with E-state index in [2.05, 4.69) is 17.1 Å². The molecule has 0 aromatic heterocycles. The number of rotatable bonds is 9. The van der Waals surface area contributed by atoms with Crippen LogP contribution in [0.3, 0.4) is 0 Å². The molecule has 1 aliphatic rings. The van der Waals surface area contributed by atoms with E-state index in [1.165, 1.54) is 38.8 Å². The normalized spacial score (nSPS) is 20.8. The summed E-state index contributed by atoms with van der Waals surface area (Å²) in [7, 11) is 0. The first-order valence-corrected chi connectivity index (χ1v) is 8.29. The summed E-state index contributed by atoms with van der Waals surface area (Å²) in [6.45, 7) is 10.5. The van der Waals surface area contributed by atoms with Gasteiger partial charge in [-0.25, -0.2) is 0 Å². The molecule has 0 aromatic carbocycles. The highest BCUT2D eigenvalue weighted by molar-refractivity contribution is 5.84. The Balaban J connectivity index is 2.25. The maximum absolute atomic E-state index is 11.6. The van der Waals surface area contributed by atoms with Gasteiger partial charge in [0.1, 0.15) is 0 Å². The molecule has 0 radical (unpaired) electrons. The van der Waals surface area contributed by atoms with E-state index in [4.69, 9.17) is 5.73 Å². The van der Waals surface area contributed by atoms with Crippen LogP contribution in [0.4, 0.5) is 0 Å². The number of piperidine rings is 1. The standard InChI is InChI=1S/C16H33N3O/c1-4-7-14-8-12-19(13-9-14)11-6-10-16(3,15(17)20)18-5-2/h14,18H,4-13H2,1-3H3,(H2,17,20). The molecule has 1 fully saturated rings. The molecule has 0 saturated carbocycles. The highest BCUT2D eigenvalue weighted by Crippen LogP contribution is 2.22. The molecule has 1 saturated heterocycles. The molecular formula is C16H33N3O. The summed E-state index contributed by atoms with van der Waals surface area (Å²) in [5, 5.41) is 3.23. The van der Waals surface area contributed by atoms with Crippen molar-refractivity contribution in [2.24, 2.45) is 11.7 Å². The topological polar surface area (TPSA) is 58.4 Å². The van der Waals surface area contributed by atoms with Crippen LogP contribution in [0.15, 0.2) is 0 Å². The Morgan fingerprint density at radius 1 is 1.35 bits per heavy atom. The average Bonchev–Trinajstić information content (AvgIpc) is 2.41. The molecule has 4 heteroatoms. The Hall–Kier alpha value is -0.610. The van der Waals surface area contributed by atoms with E-state index in [9.17, 15) is 4.79 Å². The van der Waals surface area contributed by atoms with Crippen LogP contribution in [0.5, 0.6) is 0 Å². The number of hydrogen-bond donors (Lipinski definition) is 2. The Labute approximate surface area is 124 Å². The molecule has 1 aliphatic heterocycles. The van der Waals surface area contributed by atoms with Crippen LogP contribution < -0.4 is 11.1 Å². The van der Waals surface area contributed by atoms with Crippen molar-refractivity contribution < 1.29 is 4.79 Å². The molecule has 1 atom stereocenters. The fraction of sp³-hybridized carbons (Fsp3) is 0.938. The van der Waals surface area contributed by atoms with E-state index in [-0.39, 0.29) is 5.91 Å². The van der Waals surface area contributed by atoms with Gasteiger partial charge in [-0.1, -0.05) is 26.7 Å². The summed E-state index contributed by atoms with van der Waals surface area (Å²) in [6.07, 6.45) is 7.23. The fourth-order valence-corrected chi connectivity index (χ4v) is 3.25. The van der Waals surface area contributed by atoms with Crippen molar-refractivity contribution in [3.05, 3.63) is 0 Å². The second kappa shape index (κ2) is 8.63. The third-order valence-corrected chi connectivity index (χ3v) is 4.67. The van der Waals surface area contributed by atoms with Gasteiger partial charge >= 0.3 is 0 Å². The first kappa shape index (κ1) is 17.4.